The van der Waals surface area contributed by atoms with Gasteiger partial charge in [0.1, 0.15) is 17.3 Å². The molecule has 3 heteroatoms. The fourth-order valence-corrected chi connectivity index (χ4v) is 3.67. The predicted molar refractivity (Wildman–Crippen MR) is 104 cm³/mol. The van der Waals surface area contributed by atoms with Crippen molar-refractivity contribution in [3.8, 4) is 11.5 Å². The molecule has 26 heavy (non-hydrogen) atoms. The molecule has 138 valence electrons. The standard InChI is InChI=1S/C23H28O3/c1-17-6-10-21(11-7-17)26-22-12-8-18(9-13-22)14-20(24)15-19-4-3-5-23(16-19)25-2/h3-7,10-11,16,18,22H,8-9,12-15H2,1-2H3. The molecule has 1 aliphatic carbocycles. The smallest absolute Gasteiger partial charge is 0.137 e. The molecule has 1 fully saturated rings. The van der Waals surface area contributed by atoms with Gasteiger partial charge in [0, 0.05) is 12.8 Å². The van der Waals surface area contributed by atoms with Crippen molar-refractivity contribution in [1.82, 2.24) is 0 Å². The Morgan fingerprint density at radius 2 is 1.73 bits per heavy atom. The van der Waals surface area contributed by atoms with E-state index in [-0.39, 0.29) is 6.10 Å². The minimum Gasteiger partial charge on any atom is -0.497 e. The fourth-order valence-electron chi connectivity index (χ4n) is 3.67. The number of methoxy groups -OCH3 is 1. The molecule has 0 bridgehead atoms. The van der Waals surface area contributed by atoms with E-state index < -0.39 is 0 Å². The van der Waals surface area contributed by atoms with E-state index in [0.717, 1.165) is 42.7 Å². The van der Waals surface area contributed by atoms with E-state index in [4.69, 9.17) is 9.47 Å². The maximum Gasteiger partial charge on any atom is 0.137 e. The molecule has 1 saturated carbocycles. The van der Waals surface area contributed by atoms with Crippen LogP contribution in [0.3, 0.4) is 0 Å². The second-order valence-corrected chi connectivity index (χ2v) is 7.34. The summed E-state index contributed by atoms with van der Waals surface area (Å²) in [5.74, 6) is 2.57. The number of carbonyl (C=O) groups is 1. The quantitative estimate of drug-likeness (QED) is 0.692. The van der Waals surface area contributed by atoms with E-state index in [9.17, 15) is 4.79 Å². The van der Waals surface area contributed by atoms with E-state index in [2.05, 4.69) is 19.1 Å². The van der Waals surface area contributed by atoms with Gasteiger partial charge in [-0.1, -0.05) is 29.8 Å². The van der Waals surface area contributed by atoms with Crippen molar-refractivity contribution in [1.29, 1.82) is 0 Å². The van der Waals surface area contributed by atoms with E-state index in [1.807, 2.05) is 36.4 Å². The average molecular weight is 352 g/mol. The van der Waals surface area contributed by atoms with Crippen molar-refractivity contribution in [3.63, 3.8) is 0 Å². The van der Waals surface area contributed by atoms with Gasteiger partial charge in [-0.15, -0.1) is 0 Å². The summed E-state index contributed by atoms with van der Waals surface area (Å²) < 4.78 is 11.3. The molecule has 0 radical (unpaired) electrons. The van der Waals surface area contributed by atoms with Crippen molar-refractivity contribution in [2.45, 2.75) is 51.6 Å². The zero-order valence-corrected chi connectivity index (χ0v) is 15.7. The molecule has 0 heterocycles. The first-order chi connectivity index (χ1) is 12.6. The second-order valence-electron chi connectivity index (χ2n) is 7.34. The van der Waals surface area contributed by atoms with Crippen LogP contribution in [0.25, 0.3) is 0 Å². The van der Waals surface area contributed by atoms with Gasteiger partial charge >= 0.3 is 0 Å². The predicted octanol–water partition coefficient (Wildman–Crippen LogP) is 5.14. The fraction of sp³-hybridized carbons (Fsp3) is 0.435. The monoisotopic (exact) mass is 352 g/mol. The third kappa shape index (κ3) is 5.35. The van der Waals surface area contributed by atoms with Crippen LogP contribution < -0.4 is 9.47 Å². The van der Waals surface area contributed by atoms with E-state index in [1.165, 1.54) is 5.56 Å². The number of aryl methyl sites for hydroxylation is 1. The van der Waals surface area contributed by atoms with Gasteiger partial charge in [0.25, 0.3) is 0 Å². The van der Waals surface area contributed by atoms with Gasteiger partial charge in [-0.25, -0.2) is 0 Å². The van der Waals surface area contributed by atoms with Gasteiger partial charge in [-0.2, -0.15) is 0 Å². The highest BCUT2D eigenvalue weighted by Crippen LogP contribution is 2.30. The Hall–Kier alpha value is -2.29. The molecule has 2 aromatic carbocycles. The van der Waals surface area contributed by atoms with Gasteiger partial charge in [-0.05, 0) is 68.4 Å². The summed E-state index contributed by atoms with van der Waals surface area (Å²) in [6.07, 6.45) is 5.66. The zero-order valence-electron chi connectivity index (χ0n) is 15.7. The molecule has 0 aromatic heterocycles. The molecular formula is C23H28O3. The van der Waals surface area contributed by atoms with Gasteiger partial charge in [0.05, 0.1) is 13.2 Å². The third-order valence-corrected chi connectivity index (χ3v) is 5.17. The highest BCUT2D eigenvalue weighted by Gasteiger charge is 2.24. The van der Waals surface area contributed by atoms with Crippen molar-refractivity contribution in [3.05, 3.63) is 59.7 Å². The number of carbonyl (C=O) groups excluding carboxylic acids is 1. The van der Waals surface area contributed by atoms with Crippen LogP contribution in [0.4, 0.5) is 0 Å². The molecule has 3 rings (SSSR count). The summed E-state index contributed by atoms with van der Waals surface area (Å²) in [5.41, 5.74) is 2.28. The number of rotatable bonds is 7. The molecule has 0 atom stereocenters. The molecule has 3 nitrogen and oxygen atoms in total. The molecule has 0 N–H and O–H groups in total. The van der Waals surface area contributed by atoms with Crippen LogP contribution in [-0.2, 0) is 11.2 Å². The summed E-state index contributed by atoms with van der Waals surface area (Å²) in [6, 6.07) is 16.0. The zero-order chi connectivity index (χ0) is 18.4. The molecule has 0 amide bonds. The highest BCUT2D eigenvalue weighted by atomic mass is 16.5. The molecule has 0 saturated heterocycles. The minimum absolute atomic E-state index is 0.280. The Morgan fingerprint density at radius 3 is 2.42 bits per heavy atom. The number of Topliss-reactive ketones (excluding diaryl/α,β-unsaturated/α-hetero) is 1. The number of ketones is 1. The molecule has 2 aromatic rings. The number of hydrogen-bond donors (Lipinski definition) is 0. The lowest BCUT2D eigenvalue weighted by Gasteiger charge is -2.28. The van der Waals surface area contributed by atoms with Gasteiger partial charge in [-0.3, -0.25) is 4.79 Å². The van der Waals surface area contributed by atoms with Gasteiger partial charge < -0.3 is 9.47 Å². The number of ether oxygens (including phenoxy) is 2. The molecule has 0 unspecified atom stereocenters. The van der Waals surface area contributed by atoms with Crippen molar-refractivity contribution >= 4 is 5.78 Å². The lowest BCUT2D eigenvalue weighted by Crippen LogP contribution is -2.25. The summed E-state index contributed by atoms with van der Waals surface area (Å²) >= 11 is 0. The SMILES string of the molecule is COc1cccc(CC(=O)CC2CCC(Oc3ccc(C)cc3)CC2)c1. The summed E-state index contributed by atoms with van der Waals surface area (Å²) in [4.78, 5) is 12.4. The molecule has 1 aliphatic rings. The summed E-state index contributed by atoms with van der Waals surface area (Å²) in [5, 5.41) is 0. The van der Waals surface area contributed by atoms with Crippen LogP contribution in [-0.4, -0.2) is 19.0 Å². The van der Waals surface area contributed by atoms with Crippen LogP contribution >= 0.6 is 0 Å². The Kier molecular flexibility index (Phi) is 6.32. The summed E-state index contributed by atoms with van der Waals surface area (Å²) in [6.45, 7) is 2.08. The largest absolute Gasteiger partial charge is 0.497 e. The number of benzene rings is 2. The van der Waals surface area contributed by atoms with Crippen LogP contribution in [0, 0.1) is 12.8 Å². The Labute approximate surface area is 156 Å². The third-order valence-electron chi connectivity index (χ3n) is 5.17. The number of hydrogen-bond acceptors (Lipinski definition) is 3. The van der Waals surface area contributed by atoms with Gasteiger partial charge in [0.15, 0.2) is 0 Å². The topological polar surface area (TPSA) is 35.5 Å². The van der Waals surface area contributed by atoms with E-state index in [1.54, 1.807) is 7.11 Å². The lowest BCUT2D eigenvalue weighted by atomic mass is 9.83. The lowest BCUT2D eigenvalue weighted by molar-refractivity contribution is -0.119. The van der Waals surface area contributed by atoms with Crippen LogP contribution in [0.1, 0.15) is 43.2 Å². The Balaban J connectivity index is 1.43. The van der Waals surface area contributed by atoms with Crippen LogP contribution in [0.5, 0.6) is 11.5 Å². The van der Waals surface area contributed by atoms with E-state index in [0.29, 0.717) is 24.5 Å². The maximum atomic E-state index is 12.4. The van der Waals surface area contributed by atoms with Crippen LogP contribution in [0.2, 0.25) is 0 Å². The average Bonchev–Trinajstić information content (AvgIpc) is 2.65. The van der Waals surface area contributed by atoms with Crippen LogP contribution in [0.15, 0.2) is 48.5 Å². The maximum absolute atomic E-state index is 12.4. The minimum atomic E-state index is 0.280. The summed E-state index contributed by atoms with van der Waals surface area (Å²) in [7, 11) is 1.65. The molecular weight excluding hydrogens is 324 g/mol. The first kappa shape index (κ1) is 18.5. The van der Waals surface area contributed by atoms with Crippen molar-refractivity contribution < 1.29 is 14.3 Å². The Morgan fingerprint density at radius 1 is 1.00 bits per heavy atom. The molecule has 0 aliphatic heterocycles. The van der Waals surface area contributed by atoms with E-state index >= 15 is 0 Å². The first-order valence-corrected chi connectivity index (χ1v) is 9.50. The van der Waals surface area contributed by atoms with Crippen molar-refractivity contribution in [2.24, 2.45) is 5.92 Å². The Bertz CT molecular complexity index is 712. The van der Waals surface area contributed by atoms with Gasteiger partial charge in [0.2, 0.25) is 0 Å². The molecule has 0 spiro atoms. The first-order valence-electron chi connectivity index (χ1n) is 9.50. The normalized spacial score (nSPS) is 19.8. The highest BCUT2D eigenvalue weighted by molar-refractivity contribution is 5.81. The van der Waals surface area contributed by atoms with Crippen molar-refractivity contribution in [2.75, 3.05) is 7.11 Å². The second kappa shape index (κ2) is 8.88.